The minimum absolute atomic E-state index is 0.0116. The van der Waals surface area contributed by atoms with Crippen molar-refractivity contribution in [3.05, 3.63) is 44.0 Å². The van der Waals surface area contributed by atoms with Crippen molar-refractivity contribution in [2.45, 2.75) is 26.3 Å². The Morgan fingerprint density at radius 2 is 2.24 bits per heavy atom. The van der Waals surface area contributed by atoms with Gasteiger partial charge in [-0.05, 0) is 12.8 Å². The van der Waals surface area contributed by atoms with Crippen molar-refractivity contribution in [3.8, 4) is 0 Å². The lowest BCUT2D eigenvalue weighted by Gasteiger charge is -2.27. The Kier molecular flexibility index (Phi) is 3.59. The molecular weight excluding hydrogens is 288 g/mol. The highest BCUT2D eigenvalue weighted by atomic mass is 32.1. The van der Waals surface area contributed by atoms with Crippen LogP contribution in [-0.4, -0.2) is 31.9 Å². The molecule has 2 aromatic heterocycles. The number of hydrogen-bond acceptors (Lipinski definition) is 5. The van der Waals surface area contributed by atoms with E-state index >= 15 is 0 Å². The first-order chi connectivity index (χ1) is 10.1. The number of nitrogens with zero attached hydrogens (tertiary/aromatic N) is 4. The van der Waals surface area contributed by atoms with Crippen LogP contribution in [0.3, 0.4) is 0 Å². The van der Waals surface area contributed by atoms with Gasteiger partial charge in [-0.25, -0.2) is 9.97 Å². The Labute approximate surface area is 126 Å². The lowest BCUT2D eigenvalue weighted by molar-refractivity contribution is 0.0734. The van der Waals surface area contributed by atoms with E-state index < -0.39 is 0 Å². The molecule has 6 nitrogen and oxygen atoms in total. The van der Waals surface area contributed by atoms with E-state index in [1.165, 1.54) is 22.2 Å². The van der Waals surface area contributed by atoms with Crippen molar-refractivity contribution < 1.29 is 4.79 Å². The van der Waals surface area contributed by atoms with Crippen LogP contribution in [0.4, 0.5) is 0 Å². The van der Waals surface area contributed by atoms with Gasteiger partial charge >= 0.3 is 0 Å². The van der Waals surface area contributed by atoms with E-state index in [1.807, 2.05) is 6.92 Å². The molecule has 1 aliphatic rings. The predicted octanol–water partition coefficient (Wildman–Crippen LogP) is 0.998. The third-order valence-electron chi connectivity index (χ3n) is 3.74. The van der Waals surface area contributed by atoms with Crippen LogP contribution in [0.25, 0.3) is 0 Å². The SMILES string of the molecule is CCc1ncsc1C(=O)N1CCc2c(ncn(C)c2=O)C1. The van der Waals surface area contributed by atoms with Crippen LogP contribution in [0.1, 0.15) is 33.5 Å². The van der Waals surface area contributed by atoms with Crippen LogP contribution in [-0.2, 0) is 26.4 Å². The predicted molar refractivity (Wildman–Crippen MR) is 79.4 cm³/mol. The van der Waals surface area contributed by atoms with E-state index in [-0.39, 0.29) is 11.5 Å². The minimum Gasteiger partial charge on any atom is -0.332 e. The summed E-state index contributed by atoms with van der Waals surface area (Å²) >= 11 is 1.37. The summed E-state index contributed by atoms with van der Waals surface area (Å²) in [6, 6.07) is 0. The highest BCUT2D eigenvalue weighted by Gasteiger charge is 2.26. The van der Waals surface area contributed by atoms with Crippen LogP contribution in [0.2, 0.25) is 0 Å². The van der Waals surface area contributed by atoms with E-state index in [1.54, 1.807) is 17.5 Å². The van der Waals surface area contributed by atoms with Crippen molar-refractivity contribution >= 4 is 17.2 Å². The molecule has 0 bridgehead atoms. The molecule has 0 radical (unpaired) electrons. The lowest BCUT2D eigenvalue weighted by Crippen LogP contribution is -2.40. The largest absolute Gasteiger partial charge is 0.332 e. The molecule has 21 heavy (non-hydrogen) atoms. The number of fused-ring (bicyclic) bond motifs is 1. The Balaban J connectivity index is 1.88. The Morgan fingerprint density at radius 1 is 1.43 bits per heavy atom. The van der Waals surface area contributed by atoms with Crippen LogP contribution in [0.5, 0.6) is 0 Å². The second kappa shape index (κ2) is 5.40. The Hall–Kier alpha value is -2.02. The maximum Gasteiger partial charge on any atom is 0.266 e. The van der Waals surface area contributed by atoms with Crippen molar-refractivity contribution in [2.24, 2.45) is 7.05 Å². The molecule has 3 heterocycles. The van der Waals surface area contributed by atoms with E-state index in [9.17, 15) is 9.59 Å². The normalized spacial score (nSPS) is 14.1. The summed E-state index contributed by atoms with van der Waals surface area (Å²) in [5.74, 6) is -0.0116. The standard InChI is InChI=1S/C14H16N4O2S/c1-3-10-12(21-8-16-10)14(20)18-5-4-9-11(6-18)15-7-17(2)13(9)19/h7-8H,3-6H2,1-2H3. The molecule has 0 saturated heterocycles. The first kappa shape index (κ1) is 13.9. The number of carbonyl (C=O) groups is 1. The molecule has 0 unspecified atom stereocenters. The third-order valence-corrected chi connectivity index (χ3v) is 4.60. The number of amides is 1. The summed E-state index contributed by atoms with van der Waals surface area (Å²) in [5, 5.41) is 0. The topological polar surface area (TPSA) is 68.1 Å². The van der Waals surface area contributed by atoms with Crippen molar-refractivity contribution in [1.82, 2.24) is 19.4 Å². The molecule has 7 heteroatoms. The number of aryl methyl sites for hydroxylation is 2. The van der Waals surface area contributed by atoms with Gasteiger partial charge in [0.25, 0.3) is 11.5 Å². The van der Waals surface area contributed by atoms with Gasteiger partial charge in [0, 0.05) is 19.2 Å². The molecule has 0 atom stereocenters. The summed E-state index contributed by atoms with van der Waals surface area (Å²) < 4.78 is 1.48. The third kappa shape index (κ3) is 2.37. The molecule has 0 N–H and O–H groups in total. The van der Waals surface area contributed by atoms with Gasteiger partial charge in [-0.15, -0.1) is 11.3 Å². The van der Waals surface area contributed by atoms with Gasteiger partial charge in [-0.2, -0.15) is 0 Å². The molecular formula is C14H16N4O2S. The smallest absolute Gasteiger partial charge is 0.266 e. The average Bonchev–Trinajstić information content (AvgIpc) is 2.98. The zero-order valence-electron chi connectivity index (χ0n) is 12.0. The lowest BCUT2D eigenvalue weighted by atomic mass is 10.1. The molecule has 0 aliphatic carbocycles. The van der Waals surface area contributed by atoms with Crippen molar-refractivity contribution in [3.63, 3.8) is 0 Å². The fraction of sp³-hybridized carbons (Fsp3) is 0.429. The van der Waals surface area contributed by atoms with E-state index in [2.05, 4.69) is 9.97 Å². The van der Waals surface area contributed by atoms with Gasteiger partial charge in [-0.3, -0.25) is 9.59 Å². The van der Waals surface area contributed by atoms with Gasteiger partial charge in [0.2, 0.25) is 0 Å². The molecule has 2 aromatic rings. The fourth-order valence-corrected chi connectivity index (χ4v) is 3.38. The zero-order chi connectivity index (χ0) is 15.0. The molecule has 110 valence electrons. The maximum atomic E-state index is 12.6. The van der Waals surface area contributed by atoms with Gasteiger partial charge < -0.3 is 9.47 Å². The summed E-state index contributed by atoms with van der Waals surface area (Å²) in [7, 11) is 1.69. The van der Waals surface area contributed by atoms with Crippen molar-refractivity contribution in [2.75, 3.05) is 6.54 Å². The summed E-state index contributed by atoms with van der Waals surface area (Å²) in [6.45, 7) is 2.93. The molecule has 1 amide bonds. The average molecular weight is 304 g/mol. The van der Waals surface area contributed by atoms with Crippen molar-refractivity contribution in [1.29, 1.82) is 0 Å². The first-order valence-electron chi connectivity index (χ1n) is 6.86. The fourth-order valence-electron chi connectivity index (χ4n) is 2.53. The Morgan fingerprint density at radius 3 is 3.00 bits per heavy atom. The zero-order valence-corrected chi connectivity index (χ0v) is 12.8. The minimum atomic E-state index is -0.0147. The van der Waals surface area contributed by atoms with Gasteiger partial charge in [-0.1, -0.05) is 6.92 Å². The van der Waals surface area contributed by atoms with Crippen LogP contribution in [0.15, 0.2) is 16.6 Å². The van der Waals surface area contributed by atoms with Gasteiger partial charge in [0.1, 0.15) is 4.88 Å². The maximum absolute atomic E-state index is 12.6. The quantitative estimate of drug-likeness (QED) is 0.830. The molecule has 0 saturated carbocycles. The second-order valence-electron chi connectivity index (χ2n) is 5.04. The Bertz CT molecular complexity index is 750. The van der Waals surface area contributed by atoms with Gasteiger partial charge in [0.05, 0.1) is 29.8 Å². The van der Waals surface area contributed by atoms with Crippen LogP contribution in [0, 0.1) is 0 Å². The molecule has 0 aromatic carbocycles. The van der Waals surface area contributed by atoms with Crippen LogP contribution < -0.4 is 5.56 Å². The summed E-state index contributed by atoms with van der Waals surface area (Å²) in [6.07, 6.45) is 2.81. The molecule has 0 spiro atoms. The van der Waals surface area contributed by atoms with E-state index in [0.717, 1.165) is 17.7 Å². The monoisotopic (exact) mass is 304 g/mol. The highest BCUT2D eigenvalue weighted by Crippen LogP contribution is 2.21. The molecule has 3 rings (SSSR count). The highest BCUT2D eigenvalue weighted by molar-refractivity contribution is 7.11. The number of rotatable bonds is 2. The number of thiazole rings is 1. The summed E-state index contributed by atoms with van der Waals surface area (Å²) in [4.78, 5) is 35.6. The number of carbonyl (C=O) groups excluding carboxylic acids is 1. The number of aromatic nitrogens is 3. The van der Waals surface area contributed by atoms with E-state index in [0.29, 0.717) is 30.1 Å². The van der Waals surface area contributed by atoms with Gasteiger partial charge in [0.15, 0.2) is 0 Å². The number of hydrogen-bond donors (Lipinski definition) is 0. The second-order valence-corrected chi connectivity index (χ2v) is 5.90. The molecule has 0 fully saturated rings. The van der Waals surface area contributed by atoms with Crippen LogP contribution >= 0.6 is 11.3 Å². The summed E-state index contributed by atoms with van der Waals surface area (Å²) in [5.41, 5.74) is 3.97. The molecule has 1 aliphatic heterocycles. The first-order valence-corrected chi connectivity index (χ1v) is 7.74. The van der Waals surface area contributed by atoms with E-state index in [4.69, 9.17) is 0 Å².